The minimum absolute atomic E-state index is 0.0649. The van der Waals surface area contributed by atoms with Crippen molar-refractivity contribution in [3.05, 3.63) is 64.7 Å². The lowest BCUT2D eigenvalue weighted by Crippen LogP contribution is -2.46. The summed E-state index contributed by atoms with van der Waals surface area (Å²) in [5.74, 6) is -0.581. The van der Waals surface area contributed by atoms with Crippen LogP contribution in [0.2, 0.25) is 5.02 Å². The zero-order valence-electron chi connectivity index (χ0n) is 11.2. The molecule has 0 radical (unpaired) electrons. The Morgan fingerprint density at radius 2 is 1.86 bits per heavy atom. The normalized spacial score (nSPS) is 16.3. The molecule has 1 heterocycles. The van der Waals surface area contributed by atoms with Crippen molar-refractivity contribution in [1.29, 1.82) is 0 Å². The summed E-state index contributed by atoms with van der Waals surface area (Å²) in [5, 5.41) is 3.21. The van der Waals surface area contributed by atoms with Crippen LogP contribution in [0.5, 0.6) is 5.75 Å². The minimum atomic E-state index is -0.497. The van der Waals surface area contributed by atoms with Crippen molar-refractivity contribution in [2.45, 2.75) is 6.10 Å². The summed E-state index contributed by atoms with van der Waals surface area (Å²) in [6, 6.07) is 10.8. The maximum atomic E-state index is 13.8. The van der Waals surface area contributed by atoms with E-state index in [0.29, 0.717) is 5.56 Å². The van der Waals surface area contributed by atoms with Crippen LogP contribution >= 0.6 is 11.6 Å². The van der Waals surface area contributed by atoms with E-state index in [1.165, 1.54) is 18.2 Å². The van der Waals surface area contributed by atoms with Crippen molar-refractivity contribution in [3.8, 4) is 5.75 Å². The van der Waals surface area contributed by atoms with Gasteiger partial charge in [-0.25, -0.2) is 8.78 Å². The van der Waals surface area contributed by atoms with Gasteiger partial charge in [0.15, 0.2) is 11.6 Å². The maximum absolute atomic E-state index is 13.8. The van der Waals surface area contributed by atoms with E-state index in [4.69, 9.17) is 16.3 Å². The zero-order chi connectivity index (χ0) is 14.8. The SMILES string of the molecule is Fc1cc(C(Oc2ccccc2F)C2CNC2)ccc1Cl. The van der Waals surface area contributed by atoms with Crippen LogP contribution in [0.3, 0.4) is 0 Å². The molecule has 1 aliphatic heterocycles. The Bertz CT molecular complexity index is 646. The van der Waals surface area contributed by atoms with Gasteiger partial charge in [0.1, 0.15) is 11.9 Å². The van der Waals surface area contributed by atoms with Gasteiger partial charge in [-0.1, -0.05) is 29.8 Å². The second-order valence-corrected chi connectivity index (χ2v) is 5.47. The number of nitrogens with one attached hydrogen (secondary N) is 1. The molecular weight excluding hydrogens is 296 g/mol. The van der Waals surface area contributed by atoms with E-state index in [1.54, 1.807) is 24.3 Å². The predicted octanol–water partition coefficient (Wildman–Crippen LogP) is 3.96. The summed E-state index contributed by atoms with van der Waals surface area (Å²) in [7, 11) is 0. The van der Waals surface area contributed by atoms with Gasteiger partial charge in [-0.15, -0.1) is 0 Å². The predicted molar refractivity (Wildman–Crippen MR) is 77.5 cm³/mol. The first-order valence-electron chi connectivity index (χ1n) is 6.72. The molecule has 21 heavy (non-hydrogen) atoms. The fourth-order valence-corrected chi connectivity index (χ4v) is 2.45. The molecule has 0 aliphatic carbocycles. The molecule has 5 heteroatoms. The molecule has 0 bridgehead atoms. The summed E-state index contributed by atoms with van der Waals surface area (Å²) in [6.45, 7) is 1.51. The second kappa shape index (κ2) is 6.00. The molecule has 1 atom stereocenters. The number of benzene rings is 2. The number of para-hydroxylation sites is 1. The largest absolute Gasteiger partial charge is 0.482 e. The van der Waals surface area contributed by atoms with Gasteiger partial charge in [-0.2, -0.15) is 0 Å². The first-order valence-corrected chi connectivity index (χ1v) is 7.10. The fourth-order valence-electron chi connectivity index (χ4n) is 2.33. The highest BCUT2D eigenvalue weighted by Gasteiger charge is 2.31. The number of ether oxygens (including phenoxy) is 1. The third-order valence-electron chi connectivity index (χ3n) is 3.60. The Morgan fingerprint density at radius 3 is 2.48 bits per heavy atom. The molecule has 0 spiro atoms. The first kappa shape index (κ1) is 14.3. The lowest BCUT2D eigenvalue weighted by Gasteiger charge is -2.35. The van der Waals surface area contributed by atoms with Gasteiger partial charge in [0.05, 0.1) is 5.02 Å². The van der Waals surface area contributed by atoms with Crippen molar-refractivity contribution in [3.63, 3.8) is 0 Å². The van der Waals surface area contributed by atoms with Crippen molar-refractivity contribution in [1.82, 2.24) is 5.32 Å². The summed E-state index contributed by atoms with van der Waals surface area (Å²) >= 11 is 5.71. The molecule has 2 nitrogen and oxygen atoms in total. The molecule has 2 aromatic rings. The molecule has 0 amide bonds. The van der Waals surface area contributed by atoms with Crippen LogP contribution in [0.4, 0.5) is 8.78 Å². The van der Waals surface area contributed by atoms with Crippen LogP contribution in [0.25, 0.3) is 0 Å². The third kappa shape index (κ3) is 3.01. The van der Waals surface area contributed by atoms with Crippen LogP contribution < -0.4 is 10.1 Å². The van der Waals surface area contributed by atoms with E-state index < -0.39 is 17.7 Å². The topological polar surface area (TPSA) is 21.3 Å². The van der Waals surface area contributed by atoms with Crippen LogP contribution in [-0.2, 0) is 0 Å². The Hall–Kier alpha value is -1.65. The van der Waals surface area contributed by atoms with Crippen LogP contribution in [0, 0.1) is 17.6 Å². The third-order valence-corrected chi connectivity index (χ3v) is 3.91. The molecule has 110 valence electrons. The molecule has 0 aromatic heterocycles. The summed E-state index contributed by atoms with van der Waals surface area (Å²) in [4.78, 5) is 0. The standard InChI is InChI=1S/C16H14ClF2NO/c17-12-6-5-10(7-14(12)19)16(11-8-20-9-11)21-15-4-2-1-3-13(15)18/h1-7,11,16,20H,8-9H2. The van der Waals surface area contributed by atoms with Gasteiger partial charge in [0.2, 0.25) is 0 Å². The summed E-state index contributed by atoms with van der Waals surface area (Å²) < 4.78 is 33.2. The van der Waals surface area contributed by atoms with E-state index in [0.717, 1.165) is 13.1 Å². The average Bonchev–Trinajstić information content (AvgIpc) is 2.41. The molecular formula is C16H14ClF2NO. The monoisotopic (exact) mass is 309 g/mol. The van der Waals surface area contributed by atoms with Gasteiger partial charge in [-0.05, 0) is 29.8 Å². The fraction of sp³-hybridized carbons (Fsp3) is 0.250. The Morgan fingerprint density at radius 1 is 1.10 bits per heavy atom. The summed E-state index contributed by atoms with van der Waals surface area (Å²) in [6.07, 6.45) is -0.407. The first-order chi connectivity index (χ1) is 10.1. The molecule has 1 saturated heterocycles. The van der Waals surface area contributed by atoms with Gasteiger partial charge in [-0.3, -0.25) is 0 Å². The van der Waals surface area contributed by atoms with Crippen molar-refractivity contribution >= 4 is 11.6 Å². The maximum Gasteiger partial charge on any atom is 0.165 e. The van der Waals surface area contributed by atoms with E-state index >= 15 is 0 Å². The van der Waals surface area contributed by atoms with Crippen molar-refractivity contribution < 1.29 is 13.5 Å². The van der Waals surface area contributed by atoms with E-state index in [1.807, 2.05) is 0 Å². The molecule has 1 N–H and O–H groups in total. The van der Waals surface area contributed by atoms with Gasteiger partial charge < -0.3 is 10.1 Å². The lowest BCUT2D eigenvalue weighted by atomic mass is 9.90. The van der Waals surface area contributed by atoms with Crippen molar-refractivity contribution in [2.24, 2.45) is 5.92 Å². The molecule has 1 aliphatic rings. The number of hydrogen-bond donors (Lipinski definition) is 1. The number of halogens is 3. The molecule has 1 unspecified atom stereocenters. The van der Waals surface area contributed by atoms with Crippen LogP contribution in [0.1, 0.15) is 11.7 Å². The lowest BCUT2D eigenvalue weighted by molar-refractivity contribution is 0.0948. The van der Waals surface area contributed by atoms with Crippen LogP contribution in [0.15, 0.2) is 42.5 Å². The number of rotatable bonds is 4. The quantitative estimate of drug-likeness (QED) is 0.923. The average molecular weight is 310 g/mol. The highest BCUT2D eigenvalue weighted by molar-refractivity contribution is 6.30. The van der Waals surface area contributed by atoms with E-state index in [2.05, 4.69) is 5.32 Å². The van der Waals surface area contributed by atoms with Gasteiger partial charge >= 0.3 is 0 Å². The minimum Gasteiger partial charge on any atom is -0.482 e. The number of hydrogen-bond acceptors (Lipinski definition) is 2. The highest BCUT2D eigenvalue weighted by Crippen LogP contribution is 2.33. The molecule has 0 saturated carbocycles. The smallest absolute Gasteiger partial charge is 0.165 e. The van der Waals surface area contributed by atoms with Crippen molar-refractivity contribution in [2.75, 3.05) is 13.1 Å². The zero-order valence-corrected chi connectivity index (χ0v) is 11.9. The Labute approximate surface area is 126 Å². The Kier molecular flexibility index (Phi) is 4.08. The van der Waals surface area contributed by atoms with E-state index in [-0.39, 0.29) is 16.7 Å². The van der Waals surface area contributed by atoms with E-state index in [9.17, 15) is 8.78 Å². The molecule has 2 aromatic carbocycles. The molecule has 3 rings (SSSR count). The molecule has 1 fully saturated rings. The van der Waals surface area contributed by atoms with Gasteiger partial charge in [0.25, 0.3) is 0 Å². The van der Waals surface area contributed by atoms with Gasteiger partial charge in [0, 0.05) is 19.0 Å². The summed E-state index contributed by atoms with van der Waals surface area (Å²) in [5.41, 5.74) is 0.659. The Balaban J connectivity index is 1.90. The second-order valence-electron chi connectivity index (χ2n) is 5.06. The highest BCUT2D eigenvalue weighted by atomic mass is 35.5. The van der Waals surface area contributed by atoms with Crippen LogP contribution in [-0.4, -0.2) is 13.1 Å².